The number of carbonyl (C=O) groups excluding carboxylic acids is 1. The summed E-state index contributed by atoms with van der Waals surface area (Å²) in [5.41, 5.74) is 3.40. The zero-order valence-corrected chi connectivity index (χ0v) is 11.4. The van der Waals surface area contributed by atoms with Gasteiger partial charge in [-0.1, -0.05) is 13.0 Å². The number of carbonyl (C=O) groups is 1. The lowest BCUT2D eigenvalue weighted by molar-refractivity contribution is 0.0787. The highest BCUT2D eigenvalue weighted by Crippen LogP contribution is 2.15. The number of fused-ring (bicyclic) bond motifs is 1. The van der Waals surface area contributed by atoms with Gasteiger partial charge in [0.05, 0.1) is 5.69 Å². The van der Waals surface area contributed by atoms with E-state index in [9.17, 15) is 4.79 Å². The fourth-order valence-electron chi connectivity index (χ4n) is 2.14. The Labute approximate surface area is 107 Å². The minimum atomic E-state index is 0.0347. The van der Waals surface area contributed by atoms with Crippen molar-refractivity contribution in [1.29, 1.82) is 0 Å². The molecule has 1 amide bonds. The van der Waals surface area contributed by atoms with Crippen LogP contribution in [0.3, 0.4) is 0 Å². The second kappa shape index (κ2) is 4.80. The number of hydrogen-bond acceptors (Lipinski definition) is 2. The van der Waals surface area contributed by atoms with Gasteiger partial charge in [-0.25, -0.2) is 4.98 Å². The van der Waals surface area contributed by atoms with Gasteiger partial charge in [0, 0.05) is 19.8 Å². The Morgan fingerprint density at radius 1 is 1.39 bits per heavy atom. The molecule has 0 atom stereocenters. The normalized spacial score (nSPS) is 10.9. The lowest BCUT2D eigenvalue weighted by atomic mass is 10.3. The van der Waals surface area contributed by atoms with Crippen molar-refractivity contribution in [2.75, 3.05) is 13.6 Å². The molecular formula is C14H19N3O. The molecule has 0 aromatic carbocycles. The highest BCUT2D eigenvalue weighted by molar-refractivity contribution is 5.94. The van der Waals surface area contributed by atoms with Gasteiger partial charge >= 0.3 is 0 Å². The second-order valence-electron chi connectivity index (χ2n) is 4.71. The van der Waals surface area contributed by atoms with E-state index >= 15 is 0 Å². The van der Waals surface area contributed by atoms with Crippen LogP contribution in [0.5, 0.6) is 0 Å². The first-order chi connectivity index (χ1) is 8.54. The lowest BCUT2D eigenvalue weighted by Crippen LogP contribution is -2.29. The molecule has 2 aromatic rings. The van der Waals surface area contributed by atoms with E-state index in [0.29, 0.717) is 5.69 Å². The number of hydrogen-bond donors (Lipinski definition) is 0. The van der Waals surface area contributed by atoms with Gasteiger partial charge in [-0.15, -0.1) is 0 Å². The van der Waals surface area contributed by atoms with Gasteiger partial charge in [-0.05, 0) is 31.9 Å². The molecule has 2 rings (SSSR count). The molecule has 2 aromatic heterocycles. The van der Waals surface area contributed by atoms with Crippen molar-refractivity contribution in [1.82, 2.24) is 14.3 Å². The molecular weight excluding hydrogens is 226 g/mol. The molecule has 2 heterocycles. The molecule has 0 aliphatic rings. The van der Waals surface area contributed by atoms with Gasteiger partial charge in [0.2, 0.25) is 0 Å². The fraction of sp³-hybridized carbons (Fsp3) is 0.429. The molecule has 0 unspecified atom stereocenters. The SMILES string of the molecule is CCCN(C)C(=O)c1c(C)nc2ccc(C)cn12. The van der Waals surface area contributed by atoms with Gasteiger partial charge in [0.1, 0.15) is 11.3 Å². The van der Waals surface area contributed by atoms with Crippen LogP contribution in [0.15, 0.2) is 18.3 Å². The van der Waals surface area contributed by atoms with E-state index in [1.165, 1.54) is 0 Å². The van der Waals surface area contributed by atoms with Gasteiger partial charge in [-0.2, -0.15) is 0 Å². The molecule has 0 bridgehead atoms. The van der Waals surface area contributed by atoms with Crippen LogP contribution in [0.1, 0.15) is 35.1 Å². The first-order valence-corrected chi connectivity index (χ1v) is 6.25. The molecule has 0 saturated heterocycles. The first-order valence-electron chi connectivity index (χ1n) is 6.25. The van der Waals surface area contributed by atoms with Crippen LogP contribution in [0, 0.1) is 13.8 Å². The quantitative estimate of drug-likeness (QED) is 0.833. The van der Waals surface area contributed by atoms with Crippen molar-refractivity contribution in [3.63, 3.8) is 0 Å². The number of aromatic nitrogens is 2. The smallest absolute Gasteiger partial charge is 0.272 e. The van der Waals surface area contributed by atoms with Crippen LogP contribution in [-0.4, -0.2) is 33.8 Å². The number of pyridine rings is 1. The number of imidazole rings is 1. The summed E-state index contributed by atoms with van der Waals surface area (Å²) in [6.07, 6.45) is 2.92. The van der Waals surface area contributed by atoms with E-state index in [-0.39, 0.29) is 5.91 Å². The maximum atomic E-state index is 12.4. The fourth-order valence-corrected chi connectivity index (χ4v) is 2.14. The Kier molecular flexibility index (Phi) is 3.36. The van der Waals surface area contributed by atoms with Crippen molar-refractivity contribution >= 4 is 11.6 Å². The summed E-state index contributed by atoms with van der Waals surface area (Å²) < 4.78 is 1.89. The van der Waals surface area contributed by atoms with Gasteiger partial charge in [0.25, 0.3) is 5.91 Å². The summed E-state index contributed by atoms with van der Waals surface area (Å²) in [6, 6.07) is 3.95. The zero-order chi connectivity index (χ0) is 13.3. The number of amides is 1. The molecule has 18 heavy (non-hydrogen) atoms. The Morgan fingerprint density at radius 3 is 2.78 bits per heavy atom. The van der Waals surface area contributed by atoms with Crippen molar-refractivity contribution in [2.45, 2.75) is 27.2 Å². The molecule has 4 heteroatoms. The summed E-state index contributed by atoms with van der Waals surface area (Å²) in [6.45, 7) is 6.72. The maximum absolute atomic E-state index is 12.4. The van der Waals surface area contributed by atoms with Crippen molar-refractivity contribution < 1.29 is 4.79 Å². The number of rotatable bonds is 3. The third kappa shape index (κ3) is 2.10. The van der Waals surface area contributed by atoms with E-state index < -0.39 is 0 Å². The van der Waals surface area contributed by atoms with Crippen LogP contribution in [0.4, 0.5) is 0 Å². The molecule has 96 valence electrons. The second-order valence-corrected chi connectivity index (χ2v) is 4.71. The summed E-state index contributed by atoms with van der Waals surface area (Å²) in [7, 11) is 1.83. The van der Waals surface area contributed by atoms with Gasteiger partial charge in [0.15, 0.2) is 0 Å². The molecule has 0 saturated carbocycles. The summed E-state index contributed by atoms with van der Waals surface area (Å²) in [4.78, 5) is 18.6. The Hall–Kier alpha value is -1.84. The number of nitrogens with zero attached hydrogens (tertiary/aromatic N) is 3. The van der Waals surface area contributed by atoms with Crippen molar-refractivity contribution in [3.8, 4) is 0 Å². The standard InChI is InChI=1S/C14H19N3O/c1-5-8-16(4)14(18)13-11(3)15-12-7-6-10(2)9-17(12)13/h6-7,9H,5,8H2,1-4H3. The summed E-state index contributed by atoms with van der Waals surface area (Å²) in [5, 5.41) is 0. The van der Waals surface area contributed by atoms with Crippen molar-refractivity contribution in [3.05, 3.63) is 35.3 Å². The molecule has 0 spiro atoms. The predicted molar refractivity (Wildman–Crippen MR) is 71.9 cm³/mol. The van der Waals surface area contributed by atoms with Crippen LogP contribution in [0.2, 0.25) is 0 Å². The van der Waals surface area contributed by atoms with Crippen LogP contribution < -0.4 is 0 Å². The topological polar surface area (TPSA) is 37.6 Å². The lowest BCUT2D eigenvalue weighted by Gasteiger charge is -2.16. The highest BCUT2D eigenvalue weighted by Gasteiger charge is 2.19. The third-order valence-electron chi connectivity index (χ3n) is 3.05. The average molecular weight is 245 g/mol. The molecule has 0 aliphatic heterocycles. The van der Waals surface area contributed by atoms with E-state index in [2.05, 4.69) is 11.9 Å². The van der Waals surface area contributed by atoms with Gasteiger partial charge in [-0.3, -0.25) is 9.20 Å². The minimum Gasteiger partial charge on any atom is -0.340 e. The average Bonchev–Trinajstić information content (AvgIpc) is 2.64. The largest absolute Gasteiger partial charge is 0.340 e. The molecule has 4 nitrogen and oxygen atoms in total. The van der Waals surface area contributed by atoms with E-state index in [4.69, 9.17) is 0 Å². The van der Waals surface area contributed by atoms with Crippen LogP contribution in [-0.2, 0) is 0 Å². The molecule has 0 aliphatic carbocycles. The molecule has 0 fully saturated rings. The Bertz CT molecular complexity index is 586. The Morgan fingerprint density at radius 2 is 2.11 bits per heavy atom. The van der Waals surface area contributed by atoms with E-state index in [0.717, 1.165) is 29.9 Å². The zero-order valence-electron chi connectivity index (χ0n) is 11.4. The molecule has 0 radical (unpaired) electrons. The maximum Gasteiger partial charge on any atom is 0.272 e. The third-order valence-corrected chi connectivity index (χ3v) is 3.05. The summed E-state index contributed by atoms with van der Waals surface area (Å²) >= 11 is 0. The van der Waals surface area contributed by atoms with E-state index in [1.807, 2.05) is 43.6 Å². The minimum absolute atomic E-state index is 0.0347. The van der Waals surface area contributed by atoms with Crippen LogP contribution >= 0.6 is 0 Å². The van der Waals surface area contributed by atoms with Crippen LogP contribution in [0.25, 0.3) is 5.65 Å². The van der Waals surface area contributed by atoms with Crippen molar-refractivity contribution in [2.24, 2.45) is 0 Å². The Balaban J connectivity index is 2.52. The summed E-state index contributed by atoms with van der Waals surface area (Å²) in [5.74, 6) is 0.0347. The molecule has 0 N–H and O–H groups in total. The highest BCUT2D eigenvalue weighted by atomic mass is 16.2. The van der Waals surface area contributed by atoms with Gasteiger partial charge < -0.3 is 4.90 Å². The predicted octanol–water partition coefficient (Wildman–Crippen LogP) is 2.43. The first kappa shape index (κ1) is 12.6. The van der Waals surface area contributed by atoms with E-state index in [1.54, 1.807) is 4.90 Å². The monoisotopic (exact) mass is 245 g/mol. The number of aryl methyl sites for hydroxylation is 2.